The smallest absolute Gasteiger partial charge is 0.308 e. The standard InChI is InChI=1S/C27H31N7O3/c1-19(2)30-25(35)15-20-4-3-5-22(14-20)34-17-23(26-28-8-9-33(26)18-34)31-24-7-6-21(16-29-24)27(36)32-10-12-37-13-11-32/h3-9,14,16-17,19H,10-13,15,18H2,1-2H3,(H,29,31)(H,30,35)/q+1. The molecule has 3 aliphatic rings. The predicted octanol–water partition coefficient (Wildman–Crippen LogP) is 2.38. The molecule has 1 saturated heterocycles. The van der Waals surface area contributed by atoms with E-state index in [9.17, 15) is 9.59 Å². The molecule has 5 rings (SSSR count). The van der Waals surface area contributed by atoms with Crippen LogP contribution in [0, 0.1) is 0 Å². The highest BCUT2D eigenvalue weighted by atomic mass is 16.5. The summed E-state index contributed by atoms with van der Waals surface area (Å²) in [5.74, 6) is 1.37. The molecule has 2 aromatic rings. The van der Waals surface area contributed by atoms with Crippen molar-refractivity contribution in [1.82, 2.24) is 20.1 Å². The van der Waals surface area contributed by atoms with Crippen molar-refractivity contribution in [3.63, 3.8) is 0 Å². The van der Waals surface area contributed by atoms with Gasteiger partial charge < -0.3 is 20.3 Å². The Bertz CT molecular complexity index is 1250. The van der Waals surface area contributed by atoms with E-state index in [0.717, 1.165) is 22.8 Å². The minimum Gasteiger partial charge on any atom is -0.378 e. The molecular formula is C27H31N7O3+. The fourth-order valence-corrected chi connectivity index (χ4v) is 4.42. The molecule has 4 heterocycles. The number of amides is 2. The zero-order valence-corrected chi connectivity index (χ0v) is 21.1. The van der Waals surface area contributed by atoms with E-state index in [1.165, 1.54) is 0 Å². The lowest BCUT2D eigenvalue weighted by atomic mass is 10.1. The molecule has 1 aromatic carbocycles. The van der Waals surface area contributed by atoms with Crippen molar-refractivity contribution in [2.75, 3.05) is 43.2 Å². The zero-order chi connectivity index (χ0) is 25.8. The molecule has 2 N–H and O–H groups in total. The Hall–Kier alpha value is -4.02. The van der Waals surface area contributed by atoms with Crippen molar-refractivity contribution >= 4 is 29.2 Å². The maximum atomic E-state index is 12.7. The molecule has 1 radical (unpaired) electrons. The highest BCUT2D eigenvalue weighted by molar-refractivity contribution is 6.06. The molecule has 0 unspecified atom stereocenters. The summed E-state index contributed by atoms with van der Waals surface area (Å²) in [5, 5.41) is 6.29. The topological polar surface area (TPSA) is 105 Å². The highest BCUT2D eigenvalue weighted by Crippen LogP contribution is 2.25. The van der Waals surface area contributed by atoms with Gasteiger partial charge in [-0.25, -0.2) is 4.98 Å². The first kappa shape index (κ1) is 24.7. The third kappa shape index (κ3) is 5.87. The molecular weight excluding hydrogens is 470 g/mol. The fraction of sp³-hybridized carbons (Fsp3) is 0.333. The quantitative estimate of drug-likeness (QED) is 0.565. The lowest BCUT2D eigenvalue weighted by Gasteiger charge is -2.27. The molecule has 191 valence electrons. The molecule has 10 nitrogen and oxygen atoms in total. The van der Waals surface area contributed by atoms with E-state index >= 15 is 0 Å². The van der Waals surface area contributed by atoms with Gasteiger partial charge in [-0.1, -0.05) is 17.0 Å². The van der Waals surface area contributed by atoms with E-state index in [1.54, 1.807) is 29.4 Å². The van der Waals surface area contributed by atoms with E-state index in [1.807, 2.05) is 55.4 Å². The van der Waals surface area contributed by atoms with Crippen molar-refractivity contribution < 1.29 is 14.3 Å². The number of nitrogens with one attached hydrogen (secondary N) is 2. The maximum absolute atomic E-state index is 12.7. The molecule has 0 bridgehead atoms. The number of rotatable bonds is 7. The molecule has 10 heteroatoms. The third-order valence-electron chi connectivity index (χ3n) is 6.17. The summed E-state index contributed by atoms with van der Waals surface area (Å²) in [7, 11) is 0. The SMILES string of the molecule is CC(C)NC(=O)Cc1cccc(N2C=C(Nc3ccc(C(=O)N4CCOCC4)cn3)C3=NC=C[N+]3C2)c1. The Morgan fingerprint density at radius 2 is 2.00 bits per heavy atom. The number of hydrogen-bond donors (Lipinski definition) is 2. The van der Waals surface area contributed by atoms with E-state index in [2.05, 4.69) is 25.5 Å². The number of aliphatic imine (C=N–C) groups is 1. The molecule has 0 atom stereocenters. The number of carbonyl (C=O) groups is 2. The van der Waals surface area contributed by atoms with E-state index < -0.39 is 0 Å². The number of ether oxygens (including phenoxy) is 1. The van der Waals surface area contributed by atoms with Gasteiger partial charge in [-0.2, -0.15) is 4.99 Å². The van der Waals surface area contributed by atoms with Gasteiger partial charge in [0.1, 0.15) is 11.5 Å². The summed E-state index contributed by atoms with van der Waals surface area (Å²) in [5.41, 5.74) is 3.23. The predicted molar refractivity (Wildman–Crippen MR) is 142 cm³/mol. The molecule has 37 heavy (non-hydrogen) atoms. The minimum atomic E-state index is -0.0390. The Kier molecular flexibility index (Phi) is 7.29. The van der Waals surface area contributed by atoms with Crippen molar-refractivity contribution in [2.45, 2.75) is 26.3 Å². The van der Waals surface area contributed by atoms with Crippen LogP contribution in [0.2, 0.25) is 0 Å². The number of carbonyl (C=O) groups excluding carboxylic acids is 2. The van der Waals surface area contributed by atoms with Crippen molar-refractivity contribution in [3.05, 3.63) is 78.0 Å². The largest absolute Gasteiger partial charge is 0.378 e. The molecule has 0 spiro atoms. The average Bonchev–Trinajstić information content (AvgIpc) is 3.38. The van der Waals surface area contributed by atoms with Crippen LogP contribution in [0.25, 0.3) is 0 Å². The summed E-state index contributed by atoms with van der Waals surface area (Å²) >= 11 is 0. The van der Waals surface area contributed by atoms with Crippen LogP contribution in [0.1, 0.15) is 29.8 Å². The molecule has 3 aliphatic heterocycles. The normalized spacial score (nSPS) is 17.4. The van der Waals surface area contributed by atoms with Gasteiger partial charge in [0.15, 0.2) is 6.20 Å². The zero-order valence-electron chi connectivity index (χ0n) is 21.1. The second kappa shape index (κ2) is 10.9. The molecule has 1 aromatic heterocycles. The van der Waals surface area contributed by atoms with Gasteiger partial charge in [0, 0.05) is 37.2 Å². The Morgan fingerprint density at radius 3 is 2.76 bits per heavy atom. The third-order valence-corrected chi connectivity index (χ3v) is 6.17. The molecule has 0 aliphatic carbocycles. The number of morpholine rings is 1. The van der Waals surface area contributed by atoms with Gasteiger partial charge in [0.2, 0.25) is 12.6 Å². The van der Waals surface area contributed by atoms with Crippen LogP contribution in [0.4, 0.5) is 11.5 Å². The lowest BCUT2D eigenvalue weighted by Crippen LogP contribution is -2.46. The number of anilines is 2. The summed E-state index contributed by atoms with van der Waals surface area (Å²) in [6.45, 7) is 6.79. The number of hydrogen-bond acceptors (Lipinski definition) is 8. The molecule has 1 fully saturated rings. The Labute approximate surface area is 216 Å². The second-order valence-corrected chi connectivity index (χ2v) is 9.41. The van der Waals surface area contributed by atoms with Crippen molar-refractivity contribution in [2.24, 2.45) is 4.99 Å². The lowest BCUT2D eigenvalue weighted by molar-refractivity contribution is -0.120. The van der Waals surface area contributed by atoms with Crippen LogP contribution in [0.15, 0.2) is 71.9 Å². The number of amidine groups is 1. The van der Waals surface area contributed by atoms with E-state index in [-0.39, 0.29) is 17.9 Å². The first-order valence-electron chi connectivity index (χ1n) is 12.4. The number of benzene rings is 1. The summed E-state index contributed by atoms with van der Waals surface area (Å²) in [6, 6.07) is 11.7. The van der Waals surface area contributed by atoms with Crippen LogP contribution >= 0.6 is 0 Å². The van der Waals surface area contributed by atoms with Crippen LogP contribution < -0.4 is 20.4 Å². The summed E-state index contributed by atoms with van der Waals surface area (Å²) < 4.78 is 5.33. The van der Waals surface area contributed by atoms with Gasteiger partial charge in [-0.3, -0.25) is 14.5 Å². The molecule has 0 saturated carbocycles. The van der Waals surface area contributed by atoms with Crippen LogP contribution in [0.5, 0.6) is 0 Å². The number of aromatic nitrogens is 1. The summed E-state index contributed by atoms with van der Waals surface area (Å²) in [6.07, 6.45) is 7.60. The Morgan fingerprint density at radius 1 is 1.16 bits per heavy atom. The number of nitrogens with zero attached hydrogens (tertiary/aromatic N) is 5. The van der Waals surface area contributed by atoms with E-state index in [4.69, 9.17) is 4.74 Å². The van der Waals surface area contributed by atoms with Gasteiger partial charge in [-0.15, -0.1) is 0 Å². The fourth-order valence-electron chi connectivity index (χ4n) is 4.42. The van der Waals surface area contributed by atoms with Crippen LogP contribution in [-0.4, -0.2) is 66.5 Å². The van der Waals surface area contributed by atoms with E-state index in [0.29, 0.717) is 50.8 Å². The average molecular weight is 502 g/mol. The Balaban J connectivity index is 1.32. The van der Waals surface area contributed by atoms with Gasteiger partial charge in [-0.05, 0) is 43.7 Å². The first-order chi connectivity index (χ1) is 18.0. The first-order valence-corrected chi connectivity index (χ1v) is 12.4. The summed E-state index contributed by atoms with van der Waals surface area (Å²) in [4.78, 5) is 39.9. The molecule has 2 amide bonds. The minimum absolute atomic E-state index is 0.00205. The van der Waals surface area contributed by atoms with Gasteiger partial charge in [0.25, 0.3) is 5.91 Å². The maximum Gasteiger partial charge on any atom is 0.308 e. The van der Waals surface area contributed by atoms with Crippen molar-refractivity contribution in [3.8, 4) is 0 Å². The van der Waals surface area contributed by atoms with Crippen LogP contribution in [-0.2, 0) is 16.0 Å². The second-order valence-electron chi connectivity index (χ2n) is 9.41. The van der Waals surface area contributed by atoms with Crippen LogP contribution in [0.3, 0.4) is 0 Å². The number of fused-ring (bicyclic) bond motifs is 1. The number of pyridine rings is 1. The highest BCUT2D eigenvalue weighted by Gasteiger charge is 2.36. The van der Waals surface area contributed by atoms with Gasteiger partial charge in [0.05, 0.1) is 31.4 Å². The van der Waals surface area contributed by atoms with Gasteiger partial charge >= 0.3 is 5.84 Å². The monoisotopic (exact) mass is 501 g/mol. The van der Waals surface area contributed by atoms with Crippen molar-refractivity contribution in [1.29, 1.82) is 0 Å².